The van der Waals surface area contributed by atoms with Crippen LogP contribution in [-0.4, -0.2) is 42.5 Å². The maximum absolute atomic E-state index is 11.4. The molecule has 0 aromatic heterocycles. The summed E-state index contributed by atoms with van der Waals surface area (Å²) in [6.45, 7) is 2.77. The number of aliphatic carboxylic acids is 1. The quantitative estimate of drug-likeness (QED) is 0.558. The molecule has 0 saturated heterocycles. The fourth-order valence-electron chi connectivity index (χ4n) is 0.918. The highest BCUT2D eigenvalue weighted by Gasteiger charge is 2.23. The third-order valence-electron chi connectivity index (χ3n) is 1.63. The number of hydrogen-bond donors (Lipinski definition) is 3. The smallest absolute Gasteiger partial charge is 0.303 e. The third-order valence-corrected chi connectivity index (χ3v) is 3.32. The summed E-state index contributed by atoms with van der Waals surface area (Å²) in [6, 6.07) is 0. The molecule has 0 fully saturated rings. The van der Waals surface area contributed by atoms with Gasteiger partial charge in [0.25, 0.3) is 0 Å². The summed E-state index contributed by atoms with van der Waals surface area (Å²) in [7, 11) is -3.52. The fraction of sp³-hybridized carbons (Fsp3) is 0.875. The second-order valence-electron chi connectivity index (χ2n) is 3.96. The van der Waals surface area contributed by atoms with E-state index in [2.05, 4.69) is 4.72 Å². The van der Waals surface area contributed by atoms with Crippen LogP contribution in [0.5, 0.6) is 0 Å². The van der Waals surface area contributed by atoms with E-state index in [1.165, 1.54) is 0 Å². The number of sulfonamides is 1. The van der Waals surface area contributed by atoms with E-state index in [4.69, 9.17) is 10.2 Å². The SMILES string of the molecule is CC(C)(CO)NS(=O)(=O)CCCC(=O)O. The summed E-state index contributed by atoms with van der Waals surface area (Å²) >= 11 is 0. The summed E-state index contributed by atoms with van der Waals surface area (Å²) in [4.78, 5) is 10.2. The van der Waals surface area contributed by atoms with E-state index in [-0.39, 0.29) is 25.2 Å². The standard InChI is InChI=1S/C8H17NO5S/c1-8(2,6-10)9-15(13,14)5-3-4-7(11)12/h9-10H,3-6H2,1-2H3,(H,11,12). The summed E-state index contributed by atoms with van der Waals surface area (Å²) in [5.74, 6) is -1.27. The normalized spacial score (nSPS) is 12.7. The first-order valence-electron chi connectivity index (χ1n) is 4.53. The minimum atomic E-state index is -3.52. The Hall–Kier alpha value is -0.660. The minimum Gasteiger partial charge on any atom is -0.481 e. The van der Waals surface area contributed by atoms with Gasteiger partial charge in [-0.3, -0.25) is 4.79 Å². The van der Waals surface area contributed by atoms with Gasteiger partial charge < -0.3 is 10.2 Å². The van der Waals surface area contributed by atoms with Crippen LogP contribution in [0, 0.1) is 0 Å². The molecule has 0 aliphatic rings. The molecule has 0 aromatic carbocycles. The Bertz CT molecular complexity index is 309. The maximum Gasteiger partial charge on any atom is 0.303 e. The summed E-state index contributed by atoms with van der Waals surface area (Å²) in [5.41, 5.74) is -0.915. The van der Waals surface area contributed by atoms with Gasteiger partial charge in [-0.25, -0.2) is 13.1 Å². The maximum atomic E-state index is 11.4. The lowest BCUT2D eigenvalue weighted by Crippen LogP contribution is -2.47. The number of carboxylic acids is 1. The zero-order chi connectivity index (χ0) is 12.1. The van der Waals surface area contributed by atoms with Crippen molar-refractivity contribution in [2.45, 2.75) is 32.2 Å². The molecule has 0 unspecified atom stereocenters. The number of aliphatic hydroxyl groups is 1. The monoisotopic (exact) mass is 239 g/mol. The van der Waals surface area contributed by atoms with Crippen LogP contribution in [0.2, 0.25) is 0 Å². The van der Waals surface area contributed by atoms with Crippen LogP contribution in [0.25, 0.3) is 0 Å². The van der Waals surface area contributed by atoms with Crippen molar-refractivity contribution in [3.63, 3.8) is 0 Å². The second kappa shape index (κ2) is 5.43. The van der Waals surface area contributed by atoms with E-state index in [0.717, 1.165) is 0 Å². The average molecular weight is 239 g/mol. The molecule has 7 heteroatoms. The van der Waals surface area contributed by atoms with Gasteiger partial charge in [0.1, 0.15) is 0 Å². The van der Waals surface area contributed by atoms with Crippen LogP contribution >= 0.6 is 0 Å². The van der Waals surface area contributed by atoms with Crippen molar-refractivity contribution in [1.82, 2.24) is 4.72 Å². The van der Waals surface area contributed by atoms with Crippen molar-refractivity contribution in [1.29, 1.82) is 0 Å². The van der Waals surface area contributed by atoms with E-state index in [9.17, 15) is 13.2 Å². The number of rotatable bonds is 7. The van der Waals surface area contributed by atoms with Gasteiger partial charge in [-0.1, -0.05) is 0 Å². The minimum absolute atomic E-state index is 0.0617. The Morgan fingerprint density at radius 3 is 2.33 bits per heavy atom. The van der Waals surface area contributed by atoms with Gasteiger partial charge >= 0.3 is 5.97 Å². The van der Waals surface area contributed by atoms with Crippen LogP contribution in [0.15, 0.2) is 0 Å². The lowest BCUT2D eigenvalue weighted by atomic mass is 10.1. The highest BCUT2D eigenvalue weighted by Crippen LogP contribution is 2.04. The molecule has 90 valence electrons. The van der Waals surface area contributed by atoms with E-state index in [0.29, 0.717) is 0 Å². The van der Waals surface area contributed by atoms with E-state index < -0.39 is 21.5 Å². The lowest BCUT2D eigenvalue weighted by Gasteiger charge is -2.22. The van der Waals surface area contributed by atoms with Crippen molar-refractivity contribution in [3.05, 3.63) is 0 Å². The van der Waals surface area contributed by atoms with Crippen molar-refractivity contribution in [2.75, 3.05) is 12.4 Å². The number of hydrogen-bond acceptors (Lipinski definition) is 4. The van der Waals surface area contributed by atoms with Gasteiger partial charge in [0, 0.05) is 6.42 Å². The zero-order valence-electron chi connectivity index (χ0n) is 8.86. The molecule has 15 heavy (non-hydrogen) atoms. The third kappa shape index (κ3) is 7.29. The molecular weight excluding hydrogens is 222 g/mol. The van der Waals surface area contributed by atoms with Crippen molar-refractivity contribution >= 4 is 16.0 Å². The molecule has 0 aliphatic heterocycles. The van der Waals surface area contributed by atoms with Crippen LogP contribution < -0.4 is 4.72 Å². The van der Waals surface area contributed by atoms with Crippen molar-refractivity contribution in [3.8, 4) is 0 Å². The topological polar surface area (TPSA) is 104 Å². The Morgan fingerprint density at radius 2 is 1.93 bits per heavy atom. The number of carbonyl (C=O) groups is 1. The molecule has 6 nitrogen and oxygen atoms in total. The molecule has 0 heterocycles. The van der Waals surface area contributed by atoms with Gasteiger partial charge in [0.05, 0.1) is 17.9 Å². The van der Waals surface area contributed by atoms with Crippen LogP contribution in [-0.2, 0) is 14.8 Å². The Morgan fingerprint density at radius 1 is 1.40 bits per heavy atom. The lowest BCUT2D eigenvalue weighted by molar-refractivity contribution is -0.137. The molecule has 0 aromatic rings. The number of nitrogens with one attached hydrogen (secondary N) is 1. The fourth-order valence-corrected chi connectivity index (χ4v) is 2.45. The van der Waals surface area contributed by atoms with E-state index >= 15 is 0 Å². The molecule has 0 aliphatic carbocycles. The first-order chi connectivity index (χ1) is 6.68. The zero-order valence-corrected chi connectivity index (χ0v) is 9.67. The molecule has 0 radical (unpaired) electrons. The van der Waals surface area contributed by atoms with Gasteiger partial charge in [0.2, 0.25) is 10.0 Å². The first kappa shape index (κ1) is 14.3. The first-order valence-corrected chi connectivity index (χ1v) is 6.18. The highest BCUT2D eigenvalue weighted by atomic mass is 32.2. The van der Waals surface area contributed by atoms with Crippen LogP contribution in [0.4, 0.5) is 0 Å². The largest absolute Gasteiger partial charge is 0.481 e. The summed E-state index contributed by atoms with van der Waals surface area (Å²) in [5, 5.41) is 17.2. The Balaban J connectivity index is 4.15. The molecule has 0 spiro atoms. The number of carboxylic acid groups (broad SMARTS) is 1. The molecule has 0 rings (SSSR count). The Kier molecular flexibility index (Phi) is 5.19. The molecule has 3 N–H and O–H groups in total. The summed E-state index contributed by atoms with van der Waals surface area (Å²) in [6.07, 6.45) is -0.118. The van der Waals surface area contributed by atoms with Crippen LogP contribution in [0.1, 0.15) is 26.7 Å². The average Bonchev–Trinajstić information content (AvgIpc) is 2.01. The van der Waals surface area contributed by atoms with E-state index in [1.807, 2.05) is 0 Å². The van der Waals surface area contributed by atoms with Crippen molar-refractivity contribution < 1.29 is 23.4 Å². The second-order valence-corrected chi connectivity index (χ2v) is 5.80. The predicted octanol–water partition coefficient (Wildman–Crippen LogP) is -0.458. The summed E-state index contributed by atoms with van der Waals surface area (Å²) < 4.78 is 25.0. The van der Waals surface area contributed by atoms with Gasteiger partial charge in [-0.2, -0.15) is 0 Å². The van der Waals surface area contributed by atoms with E-state index in [1.54, 1.807) is 13.8 Å². The molecule has 0 amide bonds. The predicted molar refractivity (Wildman–Crippen MR) is 55.0 cm³/mol. The van der Waals surface area contributed by atoms with Gasteiger partial charge in [-0.05, 0) is 20.3 Å². The molecule has 0 saturated carbocycles. The van der Waals surface area contributed by atoms with Crippen molar-refractivity contribution in [2.24, 2.45) is 0 Å². The Labute approximate surface area is 89.4 Å². The molecule has 0 bridgehead atoms. The van der Waals surface area contributed by atoms with Gasteiger partial charge in [0.15, 0.2) is 0 Å². The van der Waals surface area contributed by atoms with Gasteiger partial charge in [-0.15, -0.1) is 0 Å². The van der Waals surface area contributed by atoms with Crippen LogP contribution in [0.3, 0.4) is 0 Å². The molecule has 0 atom stereocenters. The number of aliphatic hydroxyl groups excluding tert-OH is 1. The molecular formula is C8H17NO5S. The highest BCUT2D eigenvalue weighted by molar-refractivity contribution is 7.89.